The van der Waals surface area contributed by atoms with Crippen LogP contribution < -0.4 is 10.2 Å². The molecule has 1 aromatic carbocycles. The lowest BCUT2D eigenvalue weighted by molar-refractivity contribution is 0.102. The molecule has 1 aromatic heterocycles. The molecule has 1 amide bonds. The molecule has 0 unspecified atom stereocenters. The number of carbonyl (C=O) groups excluding carboxylic acids is 1. The number of morpholine rings is 1. The molecule has 0 saturated carbocycles. The lowest BCUT2D eigenvalue weighted by Crippen LogP contribution is -2.37. The third kappa shape index (κ3) is 3.54. The van der Waals surface area contributed by atoms with Crippen LogP contribution >= 0.6 is 0 Å². The van der Waals surface area contributed by atoms with E-state index in [1.54, 1.807) is 6.07 Å². The predicted molar refractivity (Wildman–Crippen MR) is 93.7 cm³/mol. The van der Waals surface area contributed by atoms with E-state index in [2.05, 4.69) is 20.2 Å². The van der Waals surface area contributed by atoms with Gasteiger partial charge in [-0.3, -0.25) is 4.79 Å². The highest BCUT2D eigenvalue weighted by Crippen LogP contribution is 2.22. The fraction of sp³-hybridized carbons (Fsp3) is 0.389. The predicted octanol–water partition coefficient (Wildman–Crippen LogP) is 2.49. The molecule has 126 valence electrons. The molecule has 2 aromatic rings. The Balaban J connectivity index is 1.82. The lowest BCUT2D eigenvalue weighted by atomic mass is 10.1. The Morgan fingerprint density at radius 2 is 1.79 bits per heavy atom. The second kappa shape index (κ2) is 6.97. The van der Waals surface area contributed by atoms with Gasteiger partial charge in [0, 0.05) is 18.7 Å². The Kier molecular flexibility index (Phi) is 4.76. The number of aromatic nitrogens is 2. The number of hydrogen-bond donors (Lipinski definition) is 1. The maximum absolute atomic E-state index is 12.5. The van der Waals surface area contributed by atoms with Gasteiger partial charge in [-0.15, -0.1) is 0 Å². The number of nitrogens with one attached hydrogen (secondary N) is 1. The van der Waals surface area contributed by atoms with Gasteiger partial charge in [0.05, 0.1) is 30.3 Å². The largest absolute Gasteiger partial charge is 0.378 e. The van der Waals surface area contributed by atoms with Crippen molar-refractivity contribution in [1.82, 2.24) is 9.97 Å². The average molecular weight is 326 g/mol. The Bertz CT molecular complexity index is 731. The van der Waals surface area contributed by atoms with Crippen LogP contribution in [0.15, 0.2) is 24.3 Å². The smallest absolute Gasteiger partial charge is 0.255 e. The van der Waals surface area contributed by atoms with E-state index in [1.165, 1.54) is 0 Å². The summed E-state index contributed by atoms with van der Waals surface area (Å²) < 4.78 is 5.36. The van der Waals surface area contributed by atoms with Gasteiger partial charge in [0.1, 0.15) is 0 Å². The molecule has 0 spiro atoms. The number of ether oxygens (including phenoxy) is 1. The van der Waals surface area contributed by atoms with Crippen molar-refractivity contribution in [2.75, 3.05) is 36.5 Å². The number of amides is 1. The second-order valence-electron chi connectivity index (χ2n) is 5.99. The van der Waals surface area contributed by atoms with Gasteiger partial charge < -0.3 is 15.0 Å². The van der Waals surface area contributed by atoms with E-state index in [0.717, 1.165) is 30.0 Å². The molecular formula is C18H22N4O2. The maximum Gasteiger partial charge on any atom is 0.255 e. The van der Waals surface area contributed by atoms with Crippen molar-refractivity contribution < 1.29 is 9.53 Å². The maximum atomic E-state index is 12.5. The van der Waals surface area contributed by atoms with Crippen LogP contribution in [0, 0.1) is 20.8 Å². The molecule has 6 heteroatoms. The number of hydrogen-bond acceptors (Lipinski definition) is 5. The molecule has 3 rings (SSSR count). The summed E-state index contributed by atoms with van der Waals surface area (Å²) in [6.07, 6.45) is 0. The summed E-state index contributed by atoms with van der Waals surface area (Å²) in [5, 5.41) is 2.94. The number of benzene rings is 1. The van der Waals surface area contributed by atoms with Crippen molar-refractivity contribution in [2.45, 2.75) is 20.8 Å². The summed E-state index contributed by atoms with van der Waals surface area (Å²) in [7, 11) is 0. The second-order valence-corrected chi connectivity index (χ2v) is 5.99. The normalized spacial score (nSPS) is 14.5. The monoisotopic (exact) mass is 326 g/mol. The minimum Gasteiger partial charge on any atom is -0.378 e. The zero-order valence-corrected chi connectivity index (χ0v) is 14.3. The van der Waals surface area contributed by atoms with E-state index in [4.69, 9.17) is 4.74 Å². The van der Waals surface area contributed by atoms with Crippen LogP contribution in [-0.4, -0.2) is 42.2 Å². The summed E-state index contributed by atoms with van der Waals surface area (Å²) in [5.41, 5.74) is 3.90. The summed E-state index contributed by atoms with van der Waals surface area (Å²) >= 11 is 0. The molecular weight excluding hydrogens is 304 g/mol. The molecule has 0 aliphatic carbocycles. The summed E-state index contributed by atoms with van der Waals surface area (Å²) in [6, 6.07) is 7.51. The molecule has 24 heavy (non-hydrogen) atoms. The van der Waals surface area contributed by atoms with Crippen LogP contribution in [-0.2, 0) is 4.74 Å². The van der Waals surface area contributed by atoms with Gasteiger partial charge in [0.15, 0.2) is 0 Å². The highest BCUT2D eigenvalue weighted by molar-refractivity contribution is 6.04. The van der Waals surface area contributed by atoms with Crippen LogP contribution in [0.1, 0.15) is 27.3 Å². The van der Waals surface area contributed by atoms with Crippen LogP contribution in [0.4, 0.5) is 11.6 Å². The number of carbonyl (C=O) groups is 1. The number of nitrogens with zero attached hydrogens (tertiary/aromatic N) is 3. The van der Waals surface area contributed by atoms with Gasteiger partial charge in [0.25, 0.3) is 5.91 Å². The quantitative estimate of drug-likeness (QED) is 0.938. The van der Waals surface area contributed by atoms with Crippen molar-refractivity contribution in [3.63, 3.8) is 0 Å². The first-order valence-electron chi connectivity index (χ1n) is 8.10. The molecule has 1 aliphatic rings. The number of aryl methyl sites for hydroxylation is 3. The SMILES string of the molecule is Cc1cccc(C(=O)Nc2c(C)nc(N3CCOCC3)nc2C)c1. The molecule has 2 heterocycles. The standard InChI is InChI=1S/C18H22N4O2/c1-12-5-4-6-15(11-12)17(23)21-16-13(2)19-18(20-14(16)3)22-7-9-24-10-8-22/h4-6,11H,7-10H2,1-3H3,(H,21,23). The highest BCUT2D eigenvalue weighted by atomic mass is 16.5. The van der Waals surface area contributed by atoms with Gasteiger partial charge in [0.2, 0.25) is 5.95 Å². The first kappa shape index (κ1) is 16.4. The van der Waals surface area contributed by atoms with Gasteiger partial charge in [-0.2, -0.15) is 0 Å². The fourth-order valence-corrected chi connectivity index (χ4v) is 2.76. The average Bonchev–Trinajstić information content (AvgIpc) is 2.58. The van der Waals surface area contributed by atoms with Crippen LogP contribution in [0.2, 0.25) is 0 Å². The van der Waals surface area contributed by atoms with Crippen molar-refractivity contribution in [3.8, 4) is 0 Å². The van der Waals surface area contributed by atoms with Crippen molar-refractivity contribution in [3.05, 3.63) is 46.8 Å². The number of rotatable bonds is 3. The molecule has 6 nitrogen and oxygen atoms in total. The number of anilines is 2. The highest BCUT2D eigenvalue weighted by Gasteiger charge is 2.18. The summed E-state index contributed by atoms with van der Waals surface area (Å²) in [5.74, 6) is 0.550. The zero-order valence-electron chi connectivity index (χ0n) is 14.3. The fourth-order valence-electron chi connectivity index (χ4n) is 2.76. The molecule has 0 radical (unpaired) electrons. The van der Waals surface area contributed by atoms with Crippen molar-refractivity contribution in [1.29, 1.82) is 0 Å². The van der Waals surface area contributed by atoms with Crippen molar-refractivity contribution in [2.24, 2.45) is 0 Å². The molecule has 1 N–H and O–H groups in total. The van der Waals surface area contributed by atoms with Crippen LogP contribution in [0.25, 0.3) is 0 Å². The zero-order chi connectivity index (χ0) is 17.1. The lowest BCUT2D eigenvalue weighted by Gasteiger charge is -2.27. The van der Waals surface area contributed by atoms with Gasteiger partial charge >= 0.3 is 0 Å². The van der Waals surface area contributed by atoms with E-state index in [9.17, 15) is 4.79 Å². The minimum absolute atomic E-state index is 0.146. The molecule has 1 fully saturated rings. The molecule has 0 bridgehead atoms. The van der Waals surface area contributed by atoms with Crippen LogP contribution in [0.3, 0.4) is 0 Å². The first-order valence-corrected chi connectivity index (χ1v) is 8.10. The van der Waals surface area contributed by atoms with Gasteiger partial charge in [-0.1, -0.05) is 17.7 Å². The third-order valence-electron chi connectivity index (χ3n) is 4.07. The first-order chi connectivity index (χ1) is 11.5. The molecule has 0 atom stereocenters. The Morgan fingerprint density at radius 1 is 1.12 bits per heavy atom. The third-order valence-corrected chi connectivity index (χ3v) is 4.07. The van der Waals surface area contributed by atoms with E-state index >= 15 is 0 Å². The van der Waals surface area contributed by atoms with Crippen molar-refractivity contribution >= 4 is 17.5 Å². The summed E-state index contributed by atoms with van der Waals surface area (Å²) in [6.45, 7) is 8.70. The minimum atomic E-state index is -0.146. The summed E-state index contributed by atoms with van der Waals surface area (Å²) in [4.78, 5) is 23.7. The Labute approximate surface area is 141 Å². The molecule has 1 aliphatic heterocycles. The van der Waals surface area contributed by atoms with E-state index in [0.29, 0.717) is 30.4 Å². The van der Waals surface area contributed by atoms with Crippen LogP contribution in [0.5, 0.6) is 0 Å². The van der Waals surface area contributed by atoms with Gasteiger partial charge in [-0.05, 0) is 32.9 Å². The van der Waals surface area contributed by atoms with E-state index in [-0.39, 0.29) is 5.91 Å². The van der Waals surface area contributed by atoms with Gasteiger partial charge in [-0.25, -0.2) is 9.97 Å². The van der Waals surface area contributed by atoms with E-state index in [1.807, 2.05) is 39.0 Å². The van der Waals surface area contributed by atoms with E-state index < -0.39 is 0 Å². The Hall–Kier alpha value is -2.47. The topological polar surface area (TPSA) is 67.4 Å². The Morgan fingerprint density at radius 3 is 2.42 bits per heavy atom. The molecule has 1 saturated heterocycles.